The molecule has 5 N–H and O–H groups in total. The van der Waals surface area contributed by atoms with Crippen molar-refractivity contribution in [1.82, 2.24) is 5.32 Å². The van der Waals surface area contributed by atoms with E-state index in [0.717, 1.165) is 12.8 Å². The minimum absolute atomic E-state index is 0.228. The Labute approximate surface area is 144 Å². The third-order valence-electron chi connectivity index (χ3n) is 3.74. The van der Waals surface area contributed by atoms with Gasteiger partial charge in [-0.2, -0.15) is 0 Å². The highest BCUT2D eigenvalue weighted by atomic mass is 16.2. The third kappa shape index (κ3) is 4.57. The normalized spacial score (nSPS) is 13.0. The molecule has 1 aliphatic rings. The SMILES string of the molecule is NC(=O)c1ccc(C(=O)Nc2ccc(NC(=O)NC3CC3)cc2)cc1. The molecular formula is C18H18N4O3. The summed E-state index contributed by atoms with van der Waals surface area (Å²) in [4.78, 5) is 34.9. The molecule has 0 radical (unpaired) electrons. The van der Waals surface area contributed by atoms with Crippen molar-refractivity contribution in [3.8, 4) is 0 Å². The molecule has 4 amide bonds. The zero-order valence-electron chi connectivity index (χ0n) is 13.4. The van der Waals surface area contributed by atoms with Crippen LogP contribution in [0.5, 0.6) is 0 Å². The van der Waals surface area contributed by atoms with Crippen LogP contribution < -0.4 is 21.7 Å². The minimum atomic E-state index is -0.541. The molecule has 3 rings (SSSR count). The number of benzene rings is 2. The van der Waals surface area contributed by atoms with Crippen molar-refractivity contribution in [2.24, 2.45) is 5.73 Å². The van der Waals surface area contributed by atoms with Crippen LogP contribution in [0.4, 0.5) is 16.2 Å². The first-order valence-electron chi connectivity index (χ1n) is 7.90. The van der Waals surface area contributed by atoms with E-state index in [4.69, 9.17) is 5.73 Å². The highest BCUT2D eigenvalue weighted by Crippen LogP contribution is 2.19. The molecule has 0 aromatic heterocycles. The van der Waals surface area contributed by atoms with Crippen molar-refractivity contribution >= 4 is 29.2 Å². The number of hydrogen-bond donors (Lipinski definition) is 4. The van der Waals surface area contributed by atoms with Crippen LogP contribution in [0.15, 0.2) is 48.5 Å². The smallest absolute Gasteiger partial charge is 0.319 e. The van der Waals surface area contributed by atoms with E-state index >= 15 is 0 Å². The molecule has 0 unspecified atom stereocenters. The standard InChI is InChI=1S/C18H18N4O3/c19-16(23)11-1-3-12(4-2-11)17(24)20-13-5-7-14(8-6-13)21-18(25)22-15-9-10-15/h1-8,15H,9-10H2,(H2,19,23)(H,20,24)(H2,21,22,25). The van der Waals surface area contributed by atoms with E-state index in [1.807, 2.05) is 0 Å². The first kappa shape index (κ1) is 16.5. The predicted octanol–water partition coefficient (Wildman–Crippen LogP) is 2.32. The van der Waals surface area contributed by atoms with Crippen molar-refractivity contribution in [3.05, 3.63) is 59.7 Å². The Morgan fingerprint density at radius 3 is 1.84 bits per heavy atom. The Kier molecular flexibility index (Phi) is 4.65. The van der Waals surface area contributed by atoms with E-state index in [1.54, 1.807) is 24.3 Å². The van der Waals surface area contributed by atoms with Gasteiger partial charge in [-0.1, -0.05) is 0 Å². The summed E-state index contributed by atoms with van der Waals surface area (Å²) in [6, 6.07) is 12.9. The zero-order chi connectivity index (χ0) is 17.8. The van der Waals surface area contributed by atoms with Gasteiger partial charge >= 0.3 is 6.03 Å². The molecule has 7 heteroatoms. The largest absolute Gasteiger partial charge is 0.366 e. The van der Waals surface area contributed by atoms with Gasteiger partial charge in [0.15, 0.2) is 0 Å². The van der Waals surface area contributed by atoms with E-state index in [9.17, 15) is 14.4 Å². The molecule has 0 atom stereocenters. The number of nitrogens with one attached hydrogen (secondary N) is 3. The molecule has 0 bridgehead atoms. The lowest BCUT2D eigenvalue weighted by Crippen LogP contribution is -2.30. The van der Waals surface area contributed by atoms with Crippen LogP contribution in [-0.4, -0.2) is 23.9 Å². The fourth-order valence-corrected chi connectivity index (χ4v) is 2.21. The summed E-state index contributed by atoms with van der Waals surface area (Å²) in [6.45, 7) is 0. The van der Waals surface area contributed by atoms with Gasteiger partial charge in [0.05, 0.1) is 0 Å². The Balaban J connectivity index is 1.57. The molecule has 0 spiro atoms. The molecule has 128 valence electrons. The summed E-state index contributed by atoms with van der Waals surface area (Å²) in [5.41, 5.74) is 7.16. The zero-order valence-corrected chi connectivity index (χ0v) is 13.4. The average Bonchev–Trinajstić information content (AvgIpc) is 3.40. The molecule has 0 aliphatic heterocycles. The molecule has 2 aromatic carbocycles. The lowest BCUT2D eigenvalue weighted by molar-refractivity contribution is 0.0995. The van der Waals surface area contributed by atoms with Crippen LogP contribution in [0, 0.1) is 0 Å². The first-order valence-corrected chi connectivity index (χ1v) is 7.90. The number of rotatable bonds is 5. The molecule has 1 fully saturated rings. The second-order valence-electron chi connectivity index (χ2n) is 5.85. The van der Waals surface area contributed by atoms with Crippen molar-refractivity contribution < 1.29 is 14.4 Å². The van der Waals surface area contributed by atoms with Crippen LogP contribution in [0.1, 0.15) is 33.6 Å². The lowest BCUT2D eigenvalue weighted by Gasteiger charge is -2.09. The molecule has 2 aromatic rings. The van der Waals surface area contributed by atoms with E-state index < -0.39 is 5.91 Å². The number of anilines is 2. The maximum atomic E-state index is 12.2. The highest BCUT2D eigenvalue weighted by Gasteiger charge is 2.23. The molecular weight excluding hydrogens is 320 g/mol. The highest BCUT2D eigenvalue weighted by molar-refractivity contribution is 6.05. The molecule has 7 nitrogen and oxygen atoms in total. The number of amides is 4. The number of nitrogens with two attached hydrogens (primary N) is 1. The van der Waals surface area contributed by atoms with Crippen molar-refractivity contribution in [3.63, 3.8) is 0 Å². The van der Waals surface area contributed by atoms with Gasteiger partial charge in [-0.15, -0.1) is 0 Å². The van der Waals surface area contributed by atoms with E-state index in [0.29, 0.717) is 28.5 Å². The number of hydrogen-bond acceptors (Lipinski definition) is 3. The Bertz CT molecular complexity index is 796. The number of primary amides is 1. The lowest BCUT2D eigenvalue weighted by atomic mass is 10.1. The molecule has 0 heterocycles. The van der Waals surface area contributed by atoms with Gasteiger partial charge in [0.25, 0.3) is 5.91 Å². The maximum Gasteiger partial charge on any atom is 0.319 e. The van der Waals surface area contributed by atoms with Crippen LogP contribution in [0.25, 0.3) is 0 Å². The van der Waals surface area contributed by atoms with Gasteiger partial charge in [-0.3, -0.25) is 9.59 Å². The van der Waals surface area contributed by atoms with Crippen LogP contribution in [-0.2, 0) is 0 Å². The number of urea groups is 1. The van der Waals surface area contributed by atoms with E-state index in [2.05, 4.69) is 16.0 Å². The van der Waals surface area contributed by atoms with Gasteiger partial charge in [0.2, 0.25) is 5.91 Å². The van der Waals surface area contributed by atoms with Crippen LogP contribution in [0.2, 0.25) is 0 Å². The monoisotopic (exact) mass is 338 g/mol. The quantitative estimate of drug-likeness (QED) is 0.671. The summed E-state index contributed by atoms with van der Waals surface area (Å²) in [7, 11) is 0. The number of carbonyl (C=O) groups excluding carboxylic acids is 3. The third-order valence-corrected chi connectivity index (χ3v) is 3.74. The number of carbonyl (C=O) groups is 3. The maximum absolute atomic E-state index is 12.2. The van der Waals surface area contributed by atoms with Crippen molar-refractivity contribution in [1.29, 1.82) is 0 Å². The van der Waals surface area contributed by atoms with Crippen LogP contribution in [0.3, 0.4) is 0 Å². The van der Waals surface area contributed by atoms with Gasteiger partial charge < -0.3 is 21.7 Å². The molecule has 1 saturated carbocycles. The minimum Gasteiger partial charge on any atom is -0.366 e. The van der Waals surface area contributed by atoms with Crippen molar-refractivity contribution in [2.45, 2.75) is 18.9 Å². The molecule has 0 saturated heterocycles. The van der Waals surface area contributed by atoms with E-state index in [-0.39, 0.29) is 11.9 Å². The molecule has 1 aliphatic carbocycles. The van der Waals surface area contributed by atoms with Gasteiger partial charge in [0.1, 0.15) is 0 Å². The fraction of sp³-hybridized carbons (Fsp3) is 0.167. The van der Waals surface area contributed by atoms with Gasteiger partial charge in [-0.05, 0) is 61.4 Å². The van der Waals surface area contributed by atoms with Gasteiger partial charge in [-0.25, -0.2) is 4.79 Å². The van der Waals surface area contributed by atoms with Gasteiger partial charge in [0, 0.05) is 28.5 Å². The average molecular weight is 338 g/mol. The summed E-state index contributed by atoms with van der Waals surface area (Å²) in [6.07, 6.45) is 2.05. The molecule has 25 heavy (non-hydrogen) atoms. The Hall–Kier alpha value is -3.35. The predicted molar refractivity (Wildman–Crippen MR) is 94.5 cm³/mol. The first-order chi connectivity index (χ1) is 12.0. The second kappa shape index (κ2) is 7.04. The summed E-state index contributed by atoms with van der Waals surface area (Å²) < 4.78 is 0. The van der Waals surface area contributed by atoms with Crippen LogP contribution >= 0.6 is 0 Å². The fourth-order valence-electron chi connectivity index (χ4n) is 2.21. The summed E-state index contributed by atoms with van der Waals surface area (Å²) in [5, 5.41) is 8.31. The van der Waals surface area contributed by atoms with Crippen molar-refractivity contribution in [2.75, 3.05) is 10.6 Å². The van der Waals surface area contributed by atoms with E-state index in [1.165, 1.54) is 24.3 Å². The Morgan fingerprint density at radius 1 is 0.800 bits per heavy atom. The summed E-state index contributed by atoms with van der Waals surface area (Å²) >= 11 is 0. The topological polar surface area (TPSA) is 113 Å². The Morgan fingerprint density at radius 2 is 1.32 bits per heavy atom. The second-order valence-corrected chi connectivity index (χ2v) is 5.85. The summed E-state index contributed by atoms with van der Waals surface area (Å²) in [5.74, 6) is -0.844.